The summed E-state index contributed by atoms with van der Waals surface area (Å²) in [7, 11) is -0.725. The van der Waals surface area contributed by atoms with E-state index in [4.69, 9.17) is 9.47 Å². The maximum absolute atomic E-state index is 14.7. The van der Waals surface area contributed by atoms with Gasteiger partial charge in [0.05, 0.1) is 45.3 Å². The minimum absolute atomic E-state index is 0.00632. The lowest BCUT2D eigenvalue weighted by atomic mass is 10.0. The van der Waals surface area contributed by atoms with E-state index in [1.54, 1.807) is 43.7 Å². The topological polar surface area (TPSA) is 62.8 Å². The van der Waals surface area contributed by atoms with Crippen molar-refractivity contribution in [3.05, 3.63) is 40.8 Å². The SMILES string of the molecule is CN1CC[C@@H](Nc2cccc3c(CC(F)(F)F)c(C#CCNc4ccc(P(C)(C)=O)c5c4OCO5)sc23)[C@@H](F)C1. The lowest BCUT2D eigenvalue weighted by Gasteiger charge is -2.33. The third-order valence-electron chi connectivity index (χ3n) is 6.93. The van der Waals surface area contributed by atoms with Gasteiger partial charge in [-0.05, 0) is 55.9 Å². The van der Waals surface area contributed by atoms with Gasteiger partial charge < -0.3 is 29.6 Å². The lowest BCUT2D eigenvalue weighted by Crippen LogP contribution is -2.46. The van der Waals surface area contributed by atoms with E-state index in [2.05, 4.69) is 22.5 Å². The number of anilines is 2. The highest BCUT2D eigenvalue weighted by molar-refractivity contribution is 7.70. The summed E-state index contributed by atoms with van der Waals surface area (Å²) in [5.74, 6) is 6.73. The molecule has 0 saturated carbocycles. The minimum Gasteiger partial charge on any atom is -0.453 e. The molecule has 3 aromatic rings. The molecule has 2 aliphatic heterocycles. The number of ether oxygens (including phenoxy) is 2. The maximum atomic E-state index is 14.7. The fourth-order valence-corrected chi connectivity index (χ4v) is 7.25. The molecule has 0 radical (unpaired) electrons. The number of hydrogen-bond donors (Lipinski definition) is 2. The normalized spacial score (nSPS) is 19.4. The summed E-state index contributed by atoms with van der Waals surface area (Å²) in [6, 6.07) is 8.16. The van der Waals surface area contributed by atoms with E-state index >= 15 is 0 Å². The van der Waals surface area contributed by atoms with Crippen molar-refractivity contribution in [2.75, 3.05) is 57.4 Å². The molecule has 0 bridgehead atoms. The number of halogens is 4. The summed E-state index contributed by atoms with van der Waals surface area (Å²) in [5.41, 5.74) is 1.33. The zero-order valence-corrected chi connectivity index (χ0v) is 24.0. The first-order valence-corrected chi connectivity index (χ1v) is 16.2. The number of nitrogens with one attached hydrogen (secondary N) is 2. The monoisotopic (exact) mass is 595 g/mol. The van der Waals surface area contributed by atoms with Crippen LogP contribution in [0.4, 0.5) is 28.9 Å². The highest BCUT2D eigenvalue weighted by Crippen LogP contribution is 2.47. The van der Waals surface area contributed by atoms with Gasteiger partial charge in [-0.1, -0.05) is 24.0 Å². The summed E-state index contributed by atoms with van der Waals surface area (Å²) >= 11 is 1.18. The first kappa shape index (κ1) is 28.6. The Morgan fingerprint density at radius 3 is 2.65 bits per heavy atom. The highest BCUT2D eigenvalue weighted by atomic mass is 32.1. The molecule has 40 heavy (non-hydrogen) atoms. The Morgan fingerprint density at radius 2 is 1.93 bits per heavy atom. The molecule has 6 nitrogen and oxygen atoms in total. The quantitative estimate of drug-likeness (QED) is 0.210. The Balaban J connectivity index is 1.41. The molecule has 5 rings (SSSR count). The van der Waals surface area contributed by atoms with Crippen molar-refractivity contribution in [3.63, 3.8) is 0 Å². The van der Waals surface area contributed by atoms with E-state index in [0.717, 1.165) is 6.54 Å². The van der Waals surface area contributed by atoms with Gasteiger partial charge in [0.15, 0.2) is 11.5 Å². The van der Waals surface area contributed by atoms with Crippen molar-refractivity contribution in [1.82, 2.24) is 4.90 Å². The second kappa shape index (κ2) is 11.2. The zero-order valence-electron chi connectivity index (χ0n) is 22.3. The molecule has 2 aromatic carbocycles. The molecule has 1 fully saturated rings. The second-order valence-electron chi connectivity index (χ2n) is 10.4. The molecule has 2 N–H and O–H groups in total. The summed E-state index contributed by atoms with van der Waals surface area (Å²) in [6.45, 7) is 4.48. The van der Waals surface area contributed by atoms with Crippen molar-refractivity contribution < 1.29 is 31.6 Å². The van der Waals surface area contributed by atoms with Crippen LogP contribution >= 0.6 is 18.5 Å². The minimum atomic E-state index is -4.41. The van der Waals surface area contributed by atoms with Crippen molar-refractivity contribution in [2.24, 2.45) is 0 Å². The predicted octanol–water partition coefficient (Wildman–Crippen LogP) is 5.90. The van der Waals surface area contributed by atoms with Crippen molar-refractivity contribution in [1.29, 1.82) is 0 Å². The summed E-state index contributed by atoms with van der Waals surface area (Å²) < 4.78 is 79.7. The third kappa shape index (κ3) is 6.19. The summed E-state index contributed by atoms with van der Waals surface area (Å²) in [5, 5.41) is 7.43. The third-order valence-corrected chi connectivity index (χ3v) is 9.64. The molecule has 3 heterocycles. The van der Waals surface area contributed by atoms with Crippen LogP contribution in [-0.4, -0.2) is 70.1 Å². The first-order valence-electron chi connectivity index (χ1n) is 12.8. The Morgan fingerprint density at radius 1 is 1.15 bits per heavy atom. The average molecular weight is 596 g/mol. The van der Waals surface area contributed by atoms with E-state index in [1.165, 1.54) is 11.3 Å². The number of nitrogens with zero attached hydrogens (tertiary/aromatic N) is 1. The van der Waals surface area contributed by atoms with Crippen molar-refractivity contribution in [3.8, 4) is 23.3 Å². The molecule has 0 unspecified atom stereocenters. The summed E-state index contributed by atoms with van der Waals surface area (Å²) in [6.07, 6.45) is -6.01. The molecule has 1 aromatic heterocycles. The Labute approximate surface area is 234 Å². The molecule has 2 atom stereocenters. The molecule has 214 valence electrons. The van der Waals surface area contributed by atoms with E-state index < -0.39 is 32.0 Å². The molecule has 1 saturated heterocycles. The van der Waals surface area contributed by atoms with Crippen molar-refractivity contribution in [2.45, 2.75) is 31.2 Å². The van der Waals surface area contributed by atoms with Gasteiger partial charge in [0, 0.05) is 13.1 Å². The number of benzene rings is 2. The number of likely N-dealkylation sites (tertiary alicyclic amines) is 1. The number of hydrogen-bond acceptors (Lipinski definition) is 7. The van der Waals surface area contributed by atoms with Crippen LogP contribution in [-0.2, 0) is 11.0 Å². The van der Waals surface area contributed by atoms with Crippen molar-refractivity contribution >= 4 is 45.2 Å². The first-order chi connectivity index (χ1) is 18.9. The molecule has 12 heteroatoms. The van der Waals surface area contributed by atoms with Gasteiger partial charge in [-0.2, -0.15) is 13.2 Å². The van der Waals surface area contributed by atoms with Crippen LogP contribution in [0.3, 0.4) is 0 Å². The van der Waals surface area contributed by atoms with E-state index in [9.17, 15) is 22.1 Å². The molecular formula is C28H30F4N3O3PS. The van der Waals surface area contributed by atoms with E-state index in [1.807, 2.05) is 11.9 Å². The van der Waals surface area contributed by atoms with Crippen LogP contribution in [0.1, 0.15) is 16.9 Å². The van der Waals surface area contributed by atoms with Gasteiger partial charge in [-0.15, -0.1) is 11.3 Å². The van der Waals surface area contributed by atoms with Crippen LogP contribution < -0.4 is 25.4 Å². The molecule has 0 spiro atoms. The highest BCUT2D eigenvalue weighted by Gasteiger charge is 2.32. The molecular weight excluding hydrogens is 565 g/mol. The average Bonchev–Trinajstić information content (AvgIpc) is 3.48. The zero-order chi connectivity index (χ0) is 28.7. The van der Waals surface area contributed by atoms with Gasteiger partial charge in [0.1, 0.15) is 13.3 Å². The smallest absolute Gasteiger partial charge is 0.393 e. The van der Waals surface area contributed by atoms with Crippen LogP contribution in [0.5, 0.6) is 11.5 Å². The molecule has 0 aliphatic carbocycles. The van der Waals surface area contributed by atoms with Crippen LogP contribution in [0, 0.1) is 11.8 Å². The van der Waals surface area contributed by atoms with Gasteiger partial charge in [-0.3, -0.25) is 0 Å². The largest absolute Gasteiger partial charge is 0.453 e. The van der Waals surface area contributed by atoms with E-state index in [-0.39, 0.29) is 18.9 Å². The maximum Gasteiger partial charge on any atom is 0.393 e. The number of piperidine rings is 1. The van der Waals surface area contributed by atoms with Gasteiger partial charge in [-0.25, -0.2) is 4.39 Å². The molecule has 2 aliphatic rings. The summed E-state index contributed by atoms with van der Waals surface area (Å²) in [4.78, 5) is 2.24. The number of alkyl halides is 4. The molecule has 0 amide bonds. The fraction of sp³-hybridized carbons (Fsp3) is 0.429. The van der Waals surface area contributed by atoms with Gasteiger partial charge in [0.25, 0.3) is 0 Å². The predicted molar refractivity (Wildman–Crippen MR) is 153 cm³/mol. The van der Waals surface area contributed by atoms with Gasteiger partial charge in [0.2, 0.25) is 6.79 Å². The van der Waals surface area contributed by atoms with Crippen LogP contribution in [0.2, 0.25) is 0 Å². The Hall–Kier alpha value is -2.93. The van der Waals surface area contributed by atoms with Gasteiger partial charge >= 0.3 is 6.18 Å². The second-order valence-corrected chi connectivity index (χ2v) is 14.6. The van der Waals surface area contributed by atoms with E-state index in [0.29, 0.717) is 56.1 Å². The lowest BCUT2D eigenvalue weighted by molar-refractivity contribution is -0.126. The number of thiophene rings is 1. The van der Waals surface area contributed by atoms with Crippen LogP contribution in [0.15, 0.2) is 30.3 Å². The fourth-order valence-electron chi connectivity index (χ4n) is 4.99. The van der Waals surface area contributed by atoms with Crippen LogP contribution in [0.25, 0.3) is 10.1 Å². The Bertz CT molecular complexity index is 1520. The Kier molecular flexibility index (Phi) is 7.97. The standard InChI is InChI=1S/C28H30F4N3O3PS/c1-35-13-11-20(19(29)15-35)34-22-7-4-6-17-18(14-28(30,31)32)24(40-27(17)22)8-5-12-33-21-9-10-23(39(2,3)36)26-25(21)37-16-38-26/h4,6-7,9-10,19-20,33-34H,11-16H2,1-3H3/t19-,20+/m0/s1. The number of fused-ring (bicyclic) bond motifs is 2. The number of rotatable bonds is 6.